The van der Waals surface area contributed by atoms with Gasteiger partial charge in [0, 0.05) is 75.7 Å². The van der Waals surface area contributed by atoms with E-state index < -0.39 is 0 Å². The second-order valence-electron chi connectivity index (χ2n) is 12.8. The van der Waals surface area contributed by atoms with E-state index >= 15 is 0 Å². The van der Waals surface area contributed by atoms with E-state index in [9.17, 15) is 9.90 Å². The van der Waals surface area contributed by atoms with Crippen LogP contribution in [0.1, 0.15) is 79.7 Å². The monoisotopic (exact) mass is 789 g/mol. The number of fused-ring (bicyclic) bond motifs is 4. The Labute approximate surface area is 282 Å². The number of allylic oxidation sites excluding steroid dienone is 2. The van der Waals surface area contributed by atoms with Crippen LogP contribution in [-0.2, 0) is 31.3 Å². The molecule has 1 radical (unpaired) electrons. The normalized spacial score (nSPS) is 13.2. The van der Waals surface area contributed by atoms with Crippen LogP contribution in [0.15, 0.2) is 66.6 Å². The number of carbonyl (C=O) groups excluding carboxylic acids is 1. The second kappa shape index (κ2) is 15.6. The summed E-state index contributed by atoms with van der Waals surface area (Å²) >= 11 is 1.85. The van der Waals surface area contributed by atoms with Crippen molar-refractivity contribution >= 4 is 61.2 Å². The number of hydrogen-bond acceptors (Lipinski definition) is 5. The molecule has 0 bridgehead atoms. The summed E-state index contributed by atoms with van der Waals surface area (Å²) in [6, 6.07) is 17.4. The summed E-state index contributed by atoms with van der Waals surface area (Å²) in [6.07, 6.45) is 7.92. The summed E-state index contributed by atoms with van der Waals surface area (Å²) in [6.45, 7) is 14.9. The van der Waals surface area contributed by atoms with Gasteiger partial charge in [0.2, 0.25) is 6.98 Å². The van der Waals surface area contributed by atoms with E-state index in [1.807, 2.05) is 51.3 Å². The molecule has 237 valence electrons. The van der Waals surface area contributed by atoms with Gasteiger partial charge in [-0.05, 0) is 68.3 Å². The van der Waals surface area contributed by atoms with Crippen molar-refractivity contribution in [2.24, 2.45) is 17.3 Å². The molecule has 1 aliphatic heterocycles. The van der Waals surface area contributed by atoms with Crippen LogP contribution >= 0.6 is 11.3 Å². The quantitative estimate of drug-likeness (QED) is 0.104. The number of rotatable bonds is 9. The molecule has 1 aliphatic rings. The van der Waals surface area contributed by atoms with Crippen LogP contribution in [0.5, 0.6) is 0 Å². The van der Waals surface area contributed by atoms with Crippen LogP contribution in [0.3, 0.4) is 0 Å². The van der Waals surface area contributed by atoms with Gasteiger partial charge in [0.1, 0.15) is 0 Å². The zero-order valence-electron chi connectivity index (χ0n) is 27.5. The van der Waals surface area contributed by atoms with Crippen LogP contribution in [0.2, 0.25) is 0 Å². The number of pyridine rings is 1. The molecule has 0 aliphatic carbocycles. The summed E-state index contributed by atoms with van der Waals surface area (Å²) in [4.78, 5) is 18.7. The molecule has 0 fully saturated rings. The molecule has 8 heteroatoms. The van der Waals surface area contributed by atoms with Gasteiger partial charge in [-0.15, -0.1) is 17.0 Å². The molecule has 1 N–H and O–H groups in total. The molecule has 5 rings (SSSR count). The van der Waals surface area contributed by atoms with Crippen molar-refractivity contribution in [2.75, 3.05) is 11.9 Å². The largest absolute Gasteiger partial charge is 0.682 e. The standard InChI is InChI=1S/C23H23BN3S.C13H24O2.Ir/c1-23(2,3)14-15-9-10-16-17-11-12-25-22(21(17)28-20(16)13-15)24-26-18-7-5-6-8-19(18)27(24)4;1-5-10(6-2)12(14)9-13(15)11(7-3)8-4;/h5-13H,14H2,1-4H3;9-11,14H,5-8H2,1-4H3;/q-1;;/b;12-9-;. The first-order valence-electron chi connectivity index (χ1n) is 15.8. The minimum atomic E-state index is -0.0665. The van der Waals surface area contributed by atoms with Crippen LogP contribution in [-0.4, -0.2) is 29.9 Å². The number of anilines is 1. The first kappa shape index (κ1) is 35.8. The Balaban J connectivity index is 0.000000286. The van der Waals surface area contributed by atoms with Gasteiger partial charge >= 0.3 is 0 Å². The predicted octanol–water partition coefficient (Wildman–Crippen LogP) is 9.76. The number of benzene rings is 2. The van der Waals surface area contributed by atoms with Crippen molar-refractivity contribution in [3.05, 3.63) is 77.4 Å². The Kier molecular flexibility index (Phi) is 12.7. The topological polar surface area (TPSA) is 67.5 Å². The van der Waals surface area contributed by atoms with Crippen molar-refractivity contribution in [1.29, 1.82) is 0 Å². The Morgan fingerprint density at radius 1 is 1.00 bits per heavy atom. The summed E-state index contributed by atoms with van der Waals surface area (Å²) in [7, 11) is 2.11. The molecule has 0 atom stereocenters. The predicted molar refractivity (Wildman–Crippen MR) is 187 cm³/mol. The van der Waals surface area contributed by atoms with Gasteiger partial charge < -0.3 is 15.1 Å². The van der Waals surface area contributed by atoms with E-state index in [0.717, 1.165) is 43.4 Å². The maximum absolute atomic E-state index is 11.7. The van der Waals surface area contributed by atoms with Crippen molar-refractivity contribution in [3.63, 3.8) is 0 Å². The van der Waals surface area contributed by atoms with Crippen LogP contribution in [0.4, 0.5) is 11.4 Å². The molecule has 0 saturated carbocycles. The molecule has 0 unspecified atom stereocenters. The third kappa shape index (κ3) is 8.13. The fraction of sp³-hybridized carbons (Fsp3) is 0.444. The van der Waals surface area contributed by atoms with Gasteiger partial charge in [0.05, 0.1) is 5.76 Å². The number of para-hydroxylation sites is 1. The Bertz CT molecular complexity index is 1590. The van der Waals surface area contributed by atoms with E-state index in [1.54, 1.807) is 0 Å². The number of aliphatic hydroxyl groups is 1. The molecular weight excluding hydrogens is 742 g/mol. The van der Waals surface area contributed by atoms with Crippen molar-refractivity contribution in [1.82, 2.24) is 4.98 Å². The maximum Gasteiger partial charge on any atom is 0.208 e. The van der Waals surface area contributed by atoms with Gasteiger partial charge in [0.15, 0.2) is 5.78 Å². The number of aromatic nitrogens is 1. The van der Waals surface area contributed by atoms with Crippen LogP contribution in [0, 0.1) is 17.3 Å². The molecule has 44 heavy (non-hydrogen) atoms. The van der Waals surface area contributed by atoms with Gasteiger partial charge in [0.25, 0.3) is 0 Å². The molecule has 2 aromatic carbocycles. The van der Waals surface area contributed by atoms with E-state index in [-0.39, 0.29) is 55.9 Å². The second-order valence-corrected chi connectivity index (χ2v) is 13.9. The number of carbonyl (C=O) groups is 1. The van der Waals surface area contributed by atoms with Crippen molar-refractivity contribution in [3.8, 4) is 0 Å². The maximum atomic E-state index is 11.7. The van der Waals surface area contributed by atoms with Crippen molar-refractivity contribution < 1.29 is 30.0 Å². The van der Waals surface area contributed by atoms with Gasteiger partial charge in [-0.2, -0.15) is 0 Å². The van der Waals surface area contributed by atoms with Crippen molar-refractivity contribution in [2.45, 2.75) is 80.6 Å². The van der Waals surface area contributed by atoms with E-state index in [4.69, 9.17) is 10.2 Å². The van der Waals surface area contributed by atoms with Gasteiger partial charge in [-0.1, -0.05) is 78.8 Å². The summed E-state index contributed by atoms with van der Waals surface area (Å²) in [5.74, 6) is 0.547. The Morgan fingerprint density at radius 2 is 1.66 bits per heavy atom. The minimum absolute atomic E-state index is 0. The first-order chi connectivity index (χ1) is 20.5. The molecule has 0 amide bonds. The zero-order chi connectivity index (χ0) is 31.3. The number of aliphatic hydroxyl groups excluding tert-OH is 1. The number of ketones is 1. The smallest absolute Gasteiger partial charge is 0.208 e. The fourth-order valence-corrected chi connectivity index (χ4v) is 7.19. The molecule has 2 aromatic heterocycles. The summed E-state index contributed by atoms with van der Waals surface area (Å²) < 4.78 is 2.59. The molecule has 5 nitrogen and oxygen atoms in total. The van der Waals surface area contributed by atoms with Gasteiger partial charge in [-0.3, -0.25) is 9.78 Å². The Hall–Kier alpha value is -2.67. The molecule has 0 saturated heterocycles. The van der Waals surface area contributed by atoms with E-state index in [0.29, 0.717) is 0 Å². The average molecular weight is 789 g/mol. The molecular formula is C36H47BIrN3O2S-. The summed E-state index contributed by atoms with van der Waals surface area (Å²) in [5.41, 5.74) is 4.95. The SMILES string of the molecule is CCC(CC)C(=O)/C=C(\O)C(CC)CC.CN1B(c2nccc3c2sc2cc(CC(C)(C)C)ccc23)[N-]c2ccccc21.[Ir]. The van der Waals surface area contributed by atoms with Gasteiger partial charge in [-0.25, -0.2) is 0 Å². The molecule has 3 heterocycles. The zero-order valence-corrected chi connectivity index (χ0v) is 30.7. The molecule has 4 aromatic rings. The van der Waals surface area contributed by atoms with Crippen LogP contribution in [0.25, 0.3) is 25.4 Å². The third-order valence-electron chi connectivity index (χ3n) is 8.43. The summed E-state index contributed by atoms with van der Waals surface area (Å²) in [5, 5.41) is 17.3. The van der Waals surface area contributed by atoms with E-state index in [2.05, 4.69) is 75.1 Å². The molecule has 0 spiro atoms. The average Bonchev–Trinajstić information content (AvgIpc) is 3.51. The number of thiophene rings is 1. The number of nitrogens with zero attached hydrogens (tertiary/aromatic N) is 3. The Morgan fingerprint density at radius 3 is 2.27 bits per heavy atom. The first-order valence-corrected chi connectivity index (χ1v) is 16.6. The van der Waals surface area contributed by atoms with Crippen LogP contribution < -0.4 is 10.4 Å². The van der Waals surface area contributed by atoms with E-state index in [1.165, 1.54) is 37.5 Å². The minimum Gasteiger partial charge on any atom is -0.682 e. The fourth-order valence-electron chi connectivity index (χ4n) is 5.92. The number of hydrogen-bond donors (Lipinski definition) is 1. The third-order valence-corrected chi connectivity index (χ3v) is 9.62.